The third-order valence-corrected chi connectivity index (χ3v) is 1.81. The van der Waals surface area contributed by atoms with Crippen LogP contribution in [0.4, 0.5) is 0 Å². The lowest BCUT2D eigenvalue weighted by molar-refractivity contribution is -0.121. The minimum absolute atomic E-state index is 0.146. The van der Waals surface area contributed by atoms with Gasteiger partial charge in [0.05, 0.1) is 0 Å². The van der Waals surface area contributed by atoms with Crippen LogP contribution >= 0.6 is 11.6 Å². The van der Waals surface area contributed by atoms with E-state index in [0.29, 0.717) is 11.5 Å². The number of carbonyl (C=O) groups is 1. The summed E-state index contributed by atoms with van der Waals surface area (Å²) in [6, 6.07) is 0. The van der Waals surface area contributed by atoms with E-state index in [0.717, 1.165) is 0 Å². The molecule has 50 valence electrons. The third-order valence-electron chi connectivity index (χ3n) is 1.57. The Labute approximate surface area is 59.7 Å². The van der Waals surface area contributed by atoms with Gasteiger partial charge in [-0.1, -0.05) is 25.4 Å². The first-order valence-corrected chi connectivity index (χ1v) is 3.31. The minimum Gasteiger partial charge on any atom is -0.294 e. The van der Waals surface area contributed by atoms with Crippen LogP contribution in [0.3, 0.4) is 0 Å². The fourth-order valence-corrected chi connectivity index (χ4v) is 1.33. The molecule has 0 atom stereocenters. The average Bonchev–Trinajstić information content (AvgIpc) is 1.79. The van der Waals surface area contributed by atoms with Gasteiger partial charge in [0.2, 0.25) is 0 Å². The fourth-order valence-electron chi connectivity index (χ4n) is 0.898. The molecular weight excluding hydrogens is 136 g/mol. The summed E-state index contributed by atoms with van der Waals surface area (Å²) in [4.78, 5) is 10.9. The molecule has 0 unspecified atom stereocenters. The molecule has 0 bridgehead atoms. The zero-order chi connectivity index (χ0) is 7.07. The summed E-state index contributed by atoms with van der Waals surface area (Å²) >= 11 is 5.63. The number of halogens is 1. The van der Waals surface area contributed by atoms with E-state index in [1.165, 1.54) is 6.08 Å². The van der Waals surface area contributed by atoms with Crippen LogP contribution in [-0.4, -0.2) is 5.78 Å². The molecule has 0 spiro atoms. The summed E-state index contributed by atoms with van der Waals surface area (Å²) in [6.07, 6.45) is 2.22. The summed E-state index contributed by atoms with van der Waals surface area (Å²) in [7, 11) is 0. The highest BCUT2D eigenvalue weighted by Gasteiger charge is 2.31. The Bertz CT molecular complexity index is 179. The van der Waals surface area contributed by atoms with Crippen molar-refractivity contribution in [2.24, 2.45) is 5.41 Å². The van der Waals surface area contributed by atoms with Gasteiger partial charge in [-0.05, 0) is 12.5 Å². The van der Waals surface area contributed by atoms with Crippen molar-refractivity contribution in [3.05, 3.63) is 11.1 Å². The largest absolute Gasteiger partial charge is 0.294 e. The van der Waals surface area contributed by atoms with Crippen LogP contribution in [0.1, 0.15) is 20.3 Å². The smallest absolute Gasteiger partial charge is 0.162 e. The Morgan fingerprint density at radius 2 is 2.22 bits per heavy atom. The molecule has 9 heavy (non-hydrogen) atoms. The highest BCUT2D eigenvalue weighted by molar-refractivity contribution is 6.32. The molecule has 1 aliphatic rings. The molecule has 0 heterocycles. The Morgan fingerprint density at radius 1 is 1.67 bits per heavy atom. The highest BCUT2D eigenvalue weighted by Crippen LogP contribution is 2.34. The first kappa shape index (κ1) is 6.81. The van der Waals surface area contributed by atoms with Gasteiger partial charge in [0.15, 0.2) is 5.78 Å². The molecule has 1 rings (SSSR count). The zero-order valence-electron chi connectivity index (χ0n) is 5.57. The Hall–Kier alpha value is -0.300. The van der Waals surface area contributed by atoms with Crippen molar-refractivity contribution in [3.63, 3.8) is 0 Å². The first-order chi connectivity index (χ1) is 4.02. The highest BCUT2D eigenvalue weighted by atomic mass is 35.5. The van der Waals surface area contributed by atoms with E-state index < -0.39 is 0 Å². The maximum absolute atomic E-state index is 10.9. The Kier molecular flexibility index (Phi) is 1.39. The van der Waals surface area contributed by atoms with Gasteiger partial charge >= 0.3 is 0 Å². The molecule has 0 aromatic rings. The molecule has 0 radical (unpaired) electrons. The Balaban J connectivity index is 2.84. The van der Waals surface area contributed by atoms with Gasteiger partial charge in [-0.15, -0.1) is 0 Å². The average molecular weight is 145 g/mol. The van der Waals surface area contributed by atoms with Gasteiger partial charge in [-0.3, -0.25) is 4.79 Å². The van der Waals surface area contributed by atoms with Gasteiger partial charge in [0, 0.05) is 10.4 Å². The maximum atomic E-state index is 10.9. The van der Waals surface area contributed by atoms with E-state index in [1.807, 2.05) is 13.8 Å². The van der Waals surface area contributed by atoms with E-state index in [9.17, 15) is 4.79 Å². The van der Waals surface area contributed by atoms with Crippen LogP contribution in [-0.2, 0) is 4.79 Å². The van der Waals surface area contributed by atoms with E-state index in [-0.39, 0.29) is 11.2 Å². The van der Waals surface area contributed by atoms with Crippen LogP contribution in [0.15, 0.2) is 11.1 Å². The van der Waals surface area contributed by atoms with Gasteiger partial charge in [0.25, 0.3) is 0 Å². The minimum atomic E-state index is -0.239. The van der Waals surface area contributed by atoms with Crippen molar-refractivity contribution < 1.29 is 4.79 Å². The molecular formula is C7H9ClO. The number of rotatable bonds is 0. The van der Waals surface area contributed by atoms with Crippen molar-refractivity contribution in [3.8, 4) is 0 Å². The number of allylic oxidation sites excluding steroid dienone is 2. The van der Waals surface area contributed by atoms with Gasteiger partial charge in [-0.2, -0.15) is 0 Å². The van der Waals surface area contributed by atoms with Crippen molar-refractivity contribution in [2.75, 3.05) is 0 Å². The first-order valence-electron chi connectivity index (χ1n) is 2.93. The van der Waals surface area contributed by atoms with Crippen LogP contribution in [0.2, 0.25) is 0 Å². The summed E-state index contributed by atoms with van der Waals surface area (Å²) in [5.41, 5.74) is -0.239. The van der Waals surface area contributed by atoms with Crippen LogP contribution in [0, 0.1) is 5.41 Å². The Morgan fingerprint density at radius 3 is 2.33 bits per heavy atom. The van der Waals surface area contributed by atoms with Crippen molar-refractivity contribution >= 4 is 17.4 Å². The molecule has 0 aromatic carbocycles. The normalized spacial score (nSPS) is 24.3. The molecule has 0 amide bonds. The zero-order valence-corrected chi connectivity index (χ0v) is 6.33. The summed E-state index contributed by atoms with van der Waals surface area (Å²) in [5, 5.41) is 0.685. The molecule has 0 aromatic heterocycles. The predicted octanol–water partition coefficient (Wildman–Crippen LogP) is 2.11. The van der Waals surface area contributed by atoms with Gasteiger partial charge in [-0.25, -0.2) is 0 Å². The van der Waals surface area contributed by atoms with Gasteiger partial charge < -0.3 is 0 Å². The maximum Gasteiger partial charge on any atom is 0.162 e. The summed E-state index contributed by atoms with van der Waals surface area (Å²) in [5.74, 6) is 0.146. The van der Waals surface area contributed by atoms with Gasteiger partial charge in [0.1, 0.15) is 0 Å². The van der Waals surface area contributed by atoms with E-state index in [4.69, 9.17) is 11.6 Å². The van der Waals surface area contributed by atoms with Crippen molar-refractivity contribution in [2.45, 2.75) is 20.3 Å². The lowest BCUT2D eigenvalue weighted by atomic mass is 9.90. The number of carbonyl (C=O) groups excluding carboxylic acids is 1. The number of ketones is 1. The quantitative estimate of drug-likeness (QED) is 0.509. The fraction of sp³-hybridized carbons (Fsp3) is 0.571. The van der Waals surface area contributed by atoms with Crippen LogP contribution in [0.25, 0.3) is 0 Å². The van der Waals surface area contributed by atoms with Crippen LogP contribution < -0.4 is 0 Å². The lowest BCUT2D eigenvalue weighted by Gasteiger charge is -2.12. The third kappa shape index (κ3) is 1.16. The topological polar surface area (TPSA) is 17.1 Å². The second kappa shape index (κ2) is 1.84. The van der Waals surface area contributed by atoms with Crippen LogP contribution in [0.5, 0.6) is 0 Å². The molecule has 0 fully saturated rings. The second-order valence-electron chi connectivity index (χ2n) is 3.02. The summed E-state index contributed by atoms with van der Waals surface area (Å²) in [6.45, 7) is 3.81. The molecule has 0 saturated carbocycles. The molecule has 1 aliphatic carbocycles. The second-order valence-corrected chi connectivity index (χ2v) is 3.50. The molecule has 0 aliphatic heterocycles. The monoisotopic (exact) mass is 144 g/mol. The number of hydrogen-bond donors (Lipinski definition) is 0. The molecule has 1 nitrogen and oxygen atoms in total. The molecule has 2 heteroatoms. The molecule has 0 N–H and O–H groups in total. The van der Waals surface area contributed by atoms with Crippen molar-refractivity contribution in [1.29, 1.82) is 0 Å². The van der Waals surface area contributed by atoms with E-state index in [2.05, 4.69) is 0 Å². The predicted molar refractivity (Wildman–Crippen MR) is 37.3 cm³/mol. The lowest BCUT2D eigenvalue weighted by Crippen LogP contribution is -2.16. The molecule has 0 saturated heterocycles. The number of hydrogen-bond acceptors (Lipinski definition) is 1. The standard InChI is InChI=1S/C7H9ClO/c1-7(2)4-5(8)3-6(7)9/h3H,4H2,1-2H3. The SMILES string of the molecule is CC1(C)CC(Cl)=CC1=O. The summed E-state index contributed by atoms with van der Waals surface area (Å²) < 4.78 is 0. The van der Waals surface area contributed by atoms with E-state index in [1.54, 1.807) is 0 Å². The van der Waals surface area contributed by atoms with Crippen molar-refractivity contribution in [1.82, 2.24) is 0 Å². The van der Waals surface area contributed by atoms with E-state index >= 15 is 0 Å².